The molecular formula is C13H15N3OS. The van der Waals surface area contributed by atoms with Crippen LogP contribution in [-0.4, -0.2) is 23.3 Å². The summed E-state index contributed by atoms with van der Waals surface area (Å²) in [7, 11) is 1.81. The zero-order chi connectivity index (χ0) is 12.8. The molecule has 0 aliphatic heterocycles. The maximum absolute atomic E-state index is 5.63. The maximum atomic E-state index is 5.63. The van der Waals surface area contributed by atoms with Crippen LogP contribution in [0, 0.1) is 0 Å². The summed E-state index contributed by atoms with van der Waals surface area (Å²) >= 11 is 1.71. The molecule has 0 unspecified atom stereocenters. The first-order valence-corrected chi connectivity index (χ1v) is 6.80. The fourth-order valence-corrected chi connectivity index (χ4v) is 1.80. The summed E-state index contributed by atoms with van der Waals surface area (Å²) in [6, 6.07) is 7.99. The highest BCUT2D eigenvalue weighted by molar-refractivity contribution is 7.98. The van der Waals surface area contributed by atoms with Crippen molar-refractivity contribution in [3.8, 4) is 5.75 Å². The number of hydrogen-bond donors (Lipinski definition) is 1. The molecule has 0 amide bonds. The lowest BCUT2D eigenvalue weighted by Crippen LogP contribution is -2.00. The van der Waals surface area contributed by atoms with Crippen LogP contribution in [0.25, 0.3) is 0 Å². The van der Waals surface area contributed by atoms with E-state index in [-0.39, 0.29) is 0 Å². The van der Waals surface area contributed by atoms with Crippen molar-refractivity contribution in [2.24, 2.45) is 0 Å². The van der Waals surface area contributed by atoms with Gasteiger partial charge in [0.15, 0.2) is 0 Å². The van der Waals surface area contributed by atoms with Gasteiger partial charge in [-0.25, -0.2) is 4.98 Å². The Kier molecular flexibility index (Phi) is 4.41. The SMILES string of the molecule is CNc1cnc(COc2ccc(SC)cc2)cn1. The highest BCUT2D eigenvalue weighted by Crippen LogP contribution is 2.19. The minimum absolute atomic E-state index is 0.426. The summed E-state index contributed by atoms with van der Waals surface area (Å²) in [6.07, 6.45) is 5.45. The first-order chi connectivity index (χ1) is 8.81. The van der Waals surface area contributed by atoms with Crippen molar-refractivity contribution in [3.05, 3.63) is 42.4 Å². The zero-order valence-corrected chi connectivity index (χ0v) is 11.2. The standard InChI is InChI=1S/C13H15N3OS/c1-14-13-8-15-10(7-16-13)9-17-11-3-5-12(18-2)6-4-11/h3-8H,9H2,1-2H3,(H,14,16). The number of ether oxygens (including phenoxy) is 1. The van der Waals surface area contributed by atoms with E-state index >= 15 is 0 Å². The highest BCUT2D eigenvalue weighted by Gasteiger charge is 1.99. The number of thioether (sulfide) groups is 1. The van der Waals surface area contributed by atoms with E-state index < -0.39 is 0 Å². The first kappa shape index (κ1) is 12.7. The van der Waals surface area contributed by atoms with Crippen molar-refractivity contribution >= 4 is 17.6 Å². The molecule has 0 spiro atoms. The Morgan fingerprint density at radius 2 is 1.94 bits per heavy atom. The molecule has 0 aliphatic carbocycles. The predicted octanol–water partition coefficient (Wildman–Crippen LogP) is 2.82. The number of benzene rings is 1. The molecular weight excluding hydrogens is 246 g/mol. The number of hydrogen-bond acceptors (Lipinski definition) is 5. The van der Waals surface area contributed by atoms with Crippen LogP contribution in [0.2, 0.25) is 0 Å². The molecule has 94 valence electrons. The molecule has 1 aromatic carbocycles. The third kappa shape index (κ3) is 3.37. The maximum Gasteiger partial charge on any atom is 0.144 e. The van der Waals surface area contributed by atoms with Crippen LogP contribution in [0.3, 0.4) is 0 Å². The molecule has 5 heteroatoms. The molecule has 0 fully saturated rings. The highest BCUT2D eigenvalue weighted by atomic mass is 32.2. The van der Waals surface area contributed by atoms with Crippen LogP contribution < -0.4 is 10.1 Å². The van der Waals surface area contributed by atoms with Crippen LogP contribution >= 0.6 is 11.8 Å². The summed E-state index contributed by atoms with van der Waals surface area (Å²) in [5, 5.41) is 2.92. The quantitative estimate of drug-likeness (QED) is 0.839. The normalized spacial score (nSPS) is 10.1. The number of anilines is 1. The van der Waals surface area contributed by atoms with Crippen LogP contribution in [0.1, 0.15) is 5.69 Å². The molecule has 0 bridgehead atoms. The second-order valence-electron chi connectivity index (χ2n) is 3.61. The molecule has 4 nitrogen and oxygen atoms in total. The number of nitrogens with zero attached hydrogens (tertiary/aromatic N) is 2. The van der Waals surface area contributed by atoms with Crippen molar-refractivity contribution in [1.82, 2.24) is 9.97 Å². The smallest absolute Gasteiger partial charge is 0.144 e. The van der Waals surface area contributed by atoms with E-state index in [0.29, 0.717) is 6.61 Å². The second kappa shape index (κ2) is 6.26. The number of rotatable bonds is 5. The van der Waals surface area contributed by atoms with Crippen molar-refractivity contribution in [2.45, 2.75) is 11.5 Å². The zero-order valence-electron chi connectivity index (χ0n) is 10.4. The predicted molar refractivity (Wildman–Crippen MR) is 74.1 cm³/mol. The first-order valence-electron chi connectivity index (χ1n) is 5.57. The Balaban J connectivity index is 1.93. The summed E-state index contributed by atoms with van der Waals surface area (Å²) in [6.45, 7) is 0.426. The van der Waals surface area contributed by atoms with E-state index in [4.69, 9.17) is 4.74 Å². The van der Waals surface area contributed by atoms with Gasteiger partial charge in [-0.3, -0.25) is 4.98 Å². The lowest BCUT2D eigenvalue weighted by molar-refractivity contribution is 0.300. The topological polar surface area (TPSA) is 47.0 Å². The molecule has 0 radical (unpaired) electrons. The van der Waals surface area contributed by atoms with Crippen molar-refractivity contribution in [2.75, 3.05) is 18.6 Å². The van der Waals surface area contributed by atoms with Crippen molar-refractivity contribution < 1.29 is 4.74 Å². The summed E-state index contributed by atoms with van der Waals surface area (Å²) < 4.78 is 5.63. The third-order valence-corrected chi connectivity index (χ3v) is 3.15. The molecule has 1 N–H and O–H groups in total. The van der Waals surface area contributed by atoms with Gasteiger partial charge >= 0.3 is 0 Å². The molecule has 1 heterocycles. The van der Waals surface area contributed by atoms with Gasteiger partial charge in [-0.05, 0) is 30.5 Å². The van der Waals surface area contributed by atoms with E-state index in [2.05, 4.69) is 21.5 Å². The van der Waals surface area contributed by atoms with Crippen molar-refractivity contribution in [1.29, 1.82) is 0 Å². The number of nitrogens with one attached hydrogen (secondary N) is 1. The molecule has 0 atom stereocenters. The molecule has 2 rings (SSSR count). The van der Waals surface area contributed by atoms with Gasteiger partial charge < -0.3 is 10.1 Å². The lowest BCUT2D eigenvalue weighted by atomic mass is 10.3. The van der Waals surface area contributed by atoms with E-state index in [1.807, 2.05) is 31.3 Å². The van der Waals surface area contributed by atoms with Crippen LogP contribution in [-0.2, 0) is 6.61 Å². The molecule has 0 saturated heterocycles. The fraction of sp³-hybridized carbons (Fsp3) is 0.231. The largest absolute Gasteiger partial charge is 0.487 e. The van der Waals surface area contributed by atoms with Gasteiger partial charge in [-0.15, -0.1) is 11.8 Å². The molecule has 1 aromatic heterocycles. The Morgan fingerprint density at radius 3 is 2.50 bits per heavy atom. The van der Waals surface area contributed by atoms with Crippen LogP contribution in [0.4, 0.5) is 5.82 Å². The van der Waals surface area contributed by atoms with Crippen molar-refractivity contribution in [3.63, 3.8) is 0 Å². The summed E-state index contributed by atoms with van der Waals surface area (Å²) in [4.78, 5) is 9.65. The Labute approximate surface area is 111 Å². The van der Waals surface area contributed by atoms with Gasteiger partial charge in [0.05, 0.1) is 18.1 Å². The molecule has 18 heavy (non-hydrogen) atoms. The van der Waals surface area contributed by atoms with Gasteiger partial charge in [-0.2, -0.15) is 0 Å². The lowest BCUT2D eigenvalue weighted by Gasteiger charge is -2.06. The van der Waals surface area contributed by atoms with E-state index in [9.17, 15) is 0 Å². The summed E-state index contributed by atoms with van der Waals surface area (Å²) in [5.41, 5.74) is 0.808. The van der Waals surface area contributed by atoms with E-state index in [0.717, 1.165) is 17.3 Å². The monoisotopic (exact) mass is 261 g/mol. The molecule has 2 aromatic rings. The van der Waals surface area contributed by atoms with Gasteiger partial charge in [0.1, 0.15) is 18.2 Å². The van der Waals surface area contributed by atoms with Gasteiger partial charge in [0.2, 0.25) is 0 Å². The number of aromatic nitrogens is 2. The molecule has 0 aliphatic rings. The Bertz CT molecular complexity index is 437. The molecule has 0 saturated carbocycles. The van der Waals surface area contributed by atoms with Gasteiger partial charge in [-0.1, -0.05) is 0 Å². The Morgan fingerprint density at radius 1 is 1.17 bits per heavy atom. The van der Waals surface area contributed by atoms with Crippen LogP contribution in [0.5, 0.6) is 5.75 Å². The average molecular weight is 261 g/mol. The summed E-state index contributed by atoms with van der Waals surface area (Å²) in [5.74, 6) is 1.59. The van der Waals surface area contributed by atoms with E-state index in [1.54, 1.807) is 24.2 Å². The van der Waals surface area contributed by atoms with Crippen LogP contribution in [0.15, 0.2) is 41.6 Å². The fourth-order valence-electron chi connectivity index (χ4n) is 1.39. The third-order valence-electron chi connectivity index (χ3n) is 2.41. The van der Waals surface area contributed by atoms with E-state index in [1.165, 1.54) is 4.90 Å². The average Bonchev–Trinajstić information content (AvgIpc) is 2.46. The second-order valence-corrected chi connectivity index (χ2v) is 4.49. The minimum atomic E-state index is 0.426. The minimum Gasteiger partial charge on any atom is -0.487 e. The Hall–Kier alpha value is -1.75. The van der Waals surface area contributed by atoms with Gasteiger partial charge in [0.25, 0.3) is 0 Å². The van der Waals surface area contributed by atoms with Gasteiger partial charge in [0, 0.05) is 11.9 Å².